The third kappa shape index (κ3) is 2.95. The van der Waals surface area contributed by atoms with Gasteiger partial charge in [-0.1, -0.05) is 23.7 Å². The van der Waals surface area contributed by atoms with Gasteiger partial charge in [-0.3, -0.25) is 9.69 Å². The van der Waals surface area contributed by atoms with Crippen molar-refractivity contribution in [2.24, 2.45) is 0 Å². The Morgan fingerprint density at radius 3 is 2.46 bits per heavy atom. The molecule has 1 aliphatic rings. The van der Waals surface area contributed by atoms with Crippen LogP contribution in [0.1, 0.15) is 53.2 Å². The lowest BCUT2D eigenvalue weighted by Gasteiger charge is -2.28. The van der Waals surface area contributed by atoms with Gasteiger partial charge in [0, 0.05) is 16.8 Å². The minimum absolute atomic E-state index is 0.100. The number of fused-ring (bicyclic) bond motifs is 1. The van der Waals surface area contributed by atoms with Gasteiger partial charge in [-0.2, -0.15) is 0 Å². The van der Waals surface area contributed by atoms with E-state index in [4.69, 9.17) is 11.6 Å². The van der Waals surface area contributed by atoms with Crippen molar-refractivity contribution in [1.29, 1.82) is 0 Å². The topological polar surface area (TPSA) is 38.1 Å². The van der Waals surface area contributed by atoms with E-state index in [-0.39, 0.29) is 23.8 Å². The predicted octanol–water partition coefficient (Wildman–Crippen LogP) is 6.08. The van der Waals surface area contributed by atoms with Crippen LogP contribution in [0.3, 0.4) is 0 Å². The fourth-order valence-electron chi connectivity index (χ4n) is 3.68. The van der Waals surface area contributed by atoms with E-state index in [1.807, 2.05) is 30.5 Å². The number of hydrogen-bond donors (Lipinski definition) is 0. The highest BCUT2D eigenvalue weighted by Crippen LogP contribution is 2.44. The van der Waals surface area contributed by atoms with Gasteiger partial charge in [0.1, 0.15) is 11.9 Å². The summed E-state index contributed by atoms with van der Waals surface area (Å²) in [5, 5.41) is 0.621. The second-order valence-electron chi connectivity index (χ2n) is 7.14. The second kappa shape index (κ2) is 7.01. The Labute approximate surface area is 176 Å². The highest BCUT2D eigenvalue weighted by molar-refractivity contribution is 9.10. The van der Waals surface area contributed by atoms with E-state index in [1.54, 1.807) is 36.1 Å². The van der Waals surface area contributed by atoms with Crippen LogP contribution in [0.5, 0.6) is 0 Å². The molecule has 1 unspecified atom stereocenters. The van der Waals surface area contributed by atoms with Gasteiger partial charge in [-0.15, -0.1) is 0 Å². The summed E-state index contributed by atoms with van der Waals surface area (Å²) in [5.74, 6) is -0.510. The molecule has 0 radical (unpaired) electrons. The highest BCUT2D eigenvalue weighted by atomic mass is 79.9. The zero-order valence-corrected chi connectivity index (χ0v) is 17.9. The van der Waals surface area contributed by atoms with Crippen molar-refractivity contribution in [3.8, 4) is 0 Å². The molecule has 28 heavy (non-hydrogen) atoms. The van der Waals surface area contributed by atoms with Crippen LogP contribution in [0, 0.1) is 12.7 Å². The Kier molecular flexibility index (Phi) is 4.79. The quantitative estimate of drug-likeness (QED) is 0.473. The molecule has 1 aliphatic heterocycles. The van der Waals surface area contributed by atoms with Crippen molar-refractivity contribution in [2.75, 3.05) is 4.90 Å². The first-order chi connectivity index (χ1) is 13.3. The molecule has 2 heterocycles. The molecule has 3 aromatic rings. The first kappa shape index (κ1) is 19.2. The summed E-state index contributed by atoms with van der Waals surface area (Å²) < 4.78 is 16.5. The first-order valence-electron chi connectivity index (χ1n) is 8.92. The zero-order valence-electron chi connectivity index (χ0n) is 15.6. The van der Waals surface area contributed by atoms with E-state index in [0.717, 1.165) is 11.3 Å². The maximum absolute atomic E-state index is 13.8. The van der Waals surface area contributed by atoms with Gasteiger partial charge < -0.3 is 4.57 Å². The van der Waals surface area contributed by atoms with Crippen LogP contribution in [0.25, 0.3) is 0 Å². The maximum atomic E-state index is 13.8. The molecular formula is C21H18BrClFN3O. The molecule has 1 amide bonds. The van der Waals surface area contributed by atoms with E-state index in [2.05, 4.69) is 20.9 Å². The van der Waals surface area contributed by atoms with Gasteiger partial charge in [0.25, 0.3) is 5.91 Å². The van der Waals surface area contributed by atoms with Crippen molar-refractivity contribution >= 4 is 39.1 Å². The molecule has 0 bridgehead atoms. The summed E-state index contributed by atoms with van der Waals surface area (Å²) >= 11 is 9.57. The average molecular weight is 463 g/mol. The number of imidazole rings is 1. The number of aryl methyl sites for hydroxylation is 1. The van der Waals surface area contributed by atoms with Gasteiger partial charge in [0.2, 0.25) is 0 Å². The molecule has 0 fully saturated rings. The normalized spacial score (nSPS) is 16.2. The number of nitrogens with zero attached hydrogens (tertiary/aromatic N) is 3. The maximum Gasteiger partial charge on any atom is 0.279 e. The summed E-state index contributed by atoms with van der Waals surface area (Å²) in [4.78, 5) is 19.5. The minimum Gasteiger partial charge on any atom is -0.317 e. The van der Waals surface area contributed by atoms with E-state index in [0.29, 0.717) is 26.7 Å². The number of hydrogen-bond acceptors (Lipinski definition) is 2. The average Bonchev–Trinajstić information content (AvgIpc) is 3.12. The van der Waals surface area contributed by atoms with Gasteiger partial charge in [0.05, 0.1) is 5.69 Å². The van der Waals surface area contributed by atoms with E-state index in [9.17, 15) is 9.18 Å². The molecule has 1 atom stereocenters. The molecule has 0 N–H and O–H groups in total. The molecule has 4 nitrogen and oxygen atoms in total. The smallest absolute Gasteiger partial charge is 0.279 e. The van der Waals surface area contributed by atoms with Crippen LogP contribution < -0.4 is 4.90 Å². The van der Waals surface area contributed by atoms with Crippen LogP contribution in [0.4, 0.5) is 10.1 Å². The number of carbonyl (C=O) groups is 1. The van der Waals surface area contributed by atoms with Gasteiger partial charge >= 0.3 is 0 Å². The minimum atomic E-state index is -0.383. The lowest BCUT2D eigenvalue weighted by atomic mass is 10.0. The summed E-state index contributed by atoms with van der Waals surface area (Å²) in [6.07, 6.45) is 0. The Bertz CT molecular complexity index is 1080. The van der Waals surface area contributed by atoms with Crippen molar-refractivity contribution in [3.63, 3.8) is 0 Å². The fourth-order valence-corrected chi connectivity index (χ4v) is 4.58. The molecule has 7 heteroatoms. The molecule has 0 aliphatic carbocycles. The number of anilines is 1. The monoisotopic (exact) mass is 461 g/mol. The molecule has 0 spiro atoms. The summed E-state index contributed by atoms with van der Waals surface area (Å²) in [6.45, 7) is 5.77. The van der Waals surface area contributed by atoms with E-state index >= 15 is 0 Å². The molecule has 4 rings (SSSR count). The summed E-state index contributed by atoms with van der Waals surface area (Å²) in [5.41, 5.74) is 3.25. The third-order valence-corrected chi connectivity index (χ3v) is 5.78. The lowest BCUT2D eigenvalue weighted by molar-refractivity contribution is 0.0989. The predicted molar refractivity (Wildman–Crippen MR) is 112 cm³/mol. The van der Waals surface area contributed by atoms with Crippen molar-refractivity contribution < 1.29 is 9.18 Å². The number of rotatable bonds is 3. The van der Waals surface area contributed by atoms with Crippen LogP contribution in [0.15, 0.2) is 47.2 Å². The number of benzene rings is 2. The van der Waals surface area contributed by atoms with Gasteiger partial charge in [0.15, 0.2) is 10.4 Å². The summed E-state index contributed by atoms with van der Waals surface area (Å²) in [6, 6.07) is 11.8. The SMILES string of the molecule is Cc1cc(N2C(=O)c3nc(Br)n(C(C)C)c3C2c2ccc(Cl)cc2)ccc1F. The first-order valence-corrected chi connectivity index (χ1v) is 10.1. The number of halogens is 3. The molecule has 0 saturated carbocycles. The van der Waals surface area contributed by atoms with Crippen molar-refractivity contribution in [2.45, 2.75) is 32.9 Å². The molecule has 2 aromatic carbocycles. The van der Waals surface area contributed by atoms with E-state index < -0.39 is 0 Å². The standard InChI is InChI=1S/C21H18BrClFN3O/c1-11(2)26-19-17(25-21(26)22)20(28)27(15-8-9-16(24)12(3)10-15)18(19)13-4-6-14(23)7-5-13/h4-11,18H,1-3H3. The van der Waals surface area contributed by atoms with Gasteiger partial charge in [-0.25, -0.2) is 9.37 Å². The third-order valence-electron chi connectivity index (χ3n) is 4.97. The number of aromatic nitrogens is 2. The van der Waals surface area contributed by atoms with Crippen LogP contribution >= 0.6 is 27.5 Å². The molecule has 0 saturated heterocycles. The highest BCUT2D eigenvalue weighted by Gasteiger charge is 2.44. The molecular weight excluding hydrogens is 445 g/mol. The zero-order chi connectivity index (χ0) is 20.2. The Morgan fingerprint density at radius 2 is 1.86 bits per heavy atom. The lowest BCUT2D eigenvalue weighted by Crippen LogP contribution is -2.30. The largest absolute Gasteiger partial charge is 0.317 e. The van der Waals surface area contributed by atoms with E-state index in [1.165, 1.54) is 6.07 Å². The molecule has 1 aromatic heterocycles. The fraction of sp³-hybridized carbons (Fsp3) is 0.238. The molecule has 144 valence electrons. The summed E-state index contributed by atoms with van der Waals surface area (Å²) in [7, 11) is 0. The Hall–Kier alpha value is -2.18. The van der Waals surface area contributed by atoms with Gasteiger partial charge in [-0.05, 0) is 78.2 Å². The number of carbonyl (C=O) groups excluding carboxylic acids is 1. The van der Waals surface area contributed by atoms with Crippen LogP contribution in [-0.2, 0) is 0 Å². The van der Waals surface area contributed by atoms with Crippen molar-refractivity contribution in [1.82, 2.24) is 9.55 Å². The van der Waals surface area contributed by atoms with Crippen LogP contribution in [-0.4, -0.2) is 15.5 Å². The van der Waals surface area contributed by atoms with Crippen molar-refractivity contribution in [3.05, 3.63) is 80.6 Å². The second-order valence-corrected chi connectivity index (χ2v) is 8.29. The van der Waals surface area contributed by atoms with Crippen LogP contribution in [0.2, 0.25) is 5.02 Å². The number of amides is 1. The Morgan fingerprint density at radius 1 is 1.18 bits per heavy atom. The Balaban J connectivity index is 1.96.